The predicted octanol–water partition coefficient (Wildman–Crippen LogP) is 7.42. The molecule has 0 saturated heterocycles. The van der Waals surface area contributed by atoms with Crippen molar-refractivity contribution in [3.8, 4) is 11.1 Å². The molecule has 6 bridgehead atoms. The third-order valence-electron chi connectivity index (χ3n) is 9.12. The Labute approximate surface area is 317 Å². The summed E-state index contributed by atoms with van der Waals surface area (Å²) in [6.07, 6.45) is 0. The number of carbonyl (C=O) groups is 2. The van der Waals surface area contributed by atoms with Gasteiger partial charge in [-0.2, -0.15) is 8.61 Å². The van der Waals surface area contributed by atoms with Crippen molar-refractivity contribution in [2.45, 2.75) is 63.7 Å². The Hall–Kier alpha value is -5.14. The molecule has 0 radical (unpaired) electrons. The zero-order valence-electron chi connectivity index (χ0n) is 30.6. The van der Waals surface area contributed by atoms with Gasteiger partial charge >= 0.3 is 11.9 Å². The van der Waals surface area contributed by atoms with Gasteiger partial charge in [-0.15, -0.1) is 0 Å². The summed E-state index contributed by atoms with van der Waals surface area (Å²) in [7, 11) is -8.13. The number of carbonyl (C=O) groups excluding carboxylic acids is 2. The van der Waals surface area contributed by atoms with Gasteiger partial charge in [-0.1, -0.05) is 59.7 Å². The van der Waals surface area contributed by atoms with Crippen molar-refractivity contribution in [3.05, 3.63) is 154 Å². The van der Waals surface area contributed by atoms with Crippen LogP contribution in [0.5, 0.6) is 0 Å². The van der Waals surface area contributed by atoms with Crippen LogP contribution in [-0.2, 0) is 55.7 Å². The van der Waals surface area contributed by atoms with Gasteiger partial charge < -0.3 is 9.47 Å². The summed E-state index contributed by atoms with van der Waals surface area (Å²) in [4.78, 5) is 26.7. The molecule has 0 aliphatic carbocycles. The van der Waals surface area contributed by atoms with E-state index in [1.165, 1.54) is 8.61 Å². The summed E-state index contributed by atoms with van der Waals surface area (Å²) in [5.41, 5.74) is 5.56. The lowest BCUT2D eigenvalue weighted by atomic mass is 9.96. The van der Waals surface area contributed by atoms with Crippen LogP contribution in [0.15, 0.2) is 119 Å². The minimum absolute atomic E-state index is 0.0106. The predicted molar refractivity (Wildman–Crippen MR) is 205 cm³/mol. The summed E-state index contributed by atoms with van der Waals surface area (Å²) >= 11 is 0. The lowest BCUT2D eigenvalue weighted by molar-refractivity contribution is 0.0516. The zero-order valence-corrected chi connectivity index (χ0v) is 32.2. The molecule has 0 N–H and O–H groups in total. The average molecular weight is 767 g/mol. The lowest BCUT2D eigenvalue weighted by Crippen LogP contribution is -2.31. The molecule has 2 aliphatic heterocycles. The van der Waals surface area contributed by atoms with E-state index in [1.54, 1.807) is 123 Å². The second-order valence-corrected chi connectivity index (χ2v) is 17.1. The molecule has 0 saturated carbocycles. The summed E-state index contributed by atoms with van der Waals surface area (Å²) < 4.78 is 70.7. The van der Waals surface area contributed by atoms with Crippen LogP contribution in [0.3, 0.4) is 0 Å². The fourth-order valence-corrected chi connectivity index (χ4v) is 9.13. The number of hydrogen-bond donors (Lipinski definition) is 0. The smallest absolute Gasteiger partial charge is 0.338 e. The number of aryl methyl sites for hydroxylation is 2. The molecule has 10 nitrogen and oxygen atoms in total. The first-order chi connectivity index (χ1) is 25.8. The first kappa shape index (κ1) is 38.6. The first-order valence-corrected chi connectivity index (χ1v) is 20.5. The van der Waals surface area contributed by atoms with Gasteiger partial charge in [0.1, 0.15) is 0 Å². The van der Waals surface area contributed by atoms with Crippen molar-refractivity contribution >= 4 is 32.0 Å². The number of hydrogen-bond acceptors (Lipinski definition) is 8. The van der Waals surface area contributed by atoms with Gasteiger partial charge in [0.2, 0.25) is 20.0 Å². The molecular weight excluding hydrogens is 725 g/mol. The molecule has 12 heteroatoms. The standard InChI is InChI=1S/C42H42N2O8S2/c1-5-51-41(45)37-21-33-19-35(23-37)36-20-34(22-38(24-36)42(46)52-6-2)28-44(54(49,50)40-17-9-30(4)10-18-40)26-32-13-11-31(12-14-32)25-43(27-33)53(47,48)39-15-7-29(3)8-16-39/h7-24H,5-6,25-28H2,1-4H3. The topological polar surface area (TPSA) is 127 Å². The lowest BCUT2D eigenvalue weighted by Gasteiger charge is -2.25. The number of rotatable bonds is 8. The normalized spacial score (nSPS) is 14.1. The highest BCUT2D eigenvalue weighted by atomic mass is 32.2. The monoisotopic (exact) mass is 766 g/mol. The molecule has 280 valence electrons. The maximum atomic E-state index is 14.3. The molecule has 2 aliphatic rings. The Morgan fingerprint density at radius 1 is 0.500 bits per heavy atom. The molecule has 2 heterocycles. The van der Waals surface area contributed by atoms with Crippen LogP contribution in [0, 0.1) is 13.8 Å². The minimum atomic E-state index is -4.06. The highest BCUT2D eigenvalue weighted by Crippen LogP contribution is 2.31. The first-order valence-electron chi connectivity index (χ1n) is 17.6. The average Bonchev–Trinajstić information content (AvgIpc) is 3.15. The highest BCUT2D eigenvalue weighted by Gasteiger charge is 2.28. The second-order valence-electron chi connectivity index (χ2n) is 13.3. The maximum Gasteiger partial charge on any atom is 0.338 e. The van der Waals surface area contributed by atoms with E-state index in [1.807, 2.05) is 13.8 Å². The third kappa shape index (κ3) is 8.63. The van der Waals surface area contributed by atoms with Gasteiger partial charge in [-0.25, -0.2) is 26.4 Å². The van der Waals surface area contributed by atoms with Crippen LogP contribution in [0.25, 0.3) is 11.1 Å². The minimum Gasteiger partial charge on any atom is -0.462 e. The summed E-state index contributed by atoms with van der Waals surface area (Å²) in [5.74, 6) is -1.20. The Morgan fingerprint density at radius 2 is 0.833 bits per heavy atom. The third-order valence-corrected chi connectivity index (χ3v) is 12.7. The SMILES string of the molecule is CCOC(=O)c1cc2cc(c1)-c1cc(cc(C(=O)OCC)c1)CN(S(=O)(=O)c1ccc(C)cc1)Cc1ccc(cc1)CN(S(=O)(=O)c1ccc(C)cc1)C2. The molecule has 7 rings (SSSR count). The van der Waals surface area contributed by atoms with Crippen LogP contribution < -0.4 is 0 Å². The molecule has 0 spiro atoms. The number of benzene rings is 5. The molecule has 0 aromatic heterocycles. The van der Waals surface area contributed by atoms with Gasteiger partial charge in [0.25, 0.3) is 0 Å². The van der Waals surface area contributed by atoms with Crippen molar-refractivity contribution in [2.75, 3.05) is 13.2 Å². The Kier molecular flexibility index (Phi) is 11.5. The van der Waals surface area contributed by atoms with Crippen LogP contribution >= 0.6 is 0 Å². The van der Waals surface area contributed by atoms with Gasteiger partial charge in [0.05, 0.1) is 34.1 Å². The quantitative estimate of drug-likeness (QED) is 0.149. The van der Waals surface area contributed by atoms with Crippen LogP contribution in [0.2, 0.25) is 0 Å². The number of nitrogens with zero attached hydrogens (tertiary/aromatic N) is 2. The van der Waals surface area contributed by atoms with E-state index in [0.29, 0.717) is 33.4 Å². The van der Waals surface area contributed by atoms with E-state index in [0.717, 1.165) is 11.1 Å². The molecule has 0 fully saturated rings. The van der Waals surface area contributed by atoms with Crippen LogP contribution in [-0.4, -0.2) is 50.6 Å². The largest absolute Gasteiger partial charge is 0.462 e. The fourth-order valence-electron chi connectivity index (χ4n) is 6.30. The highest BCUT2D eigenvalue weighted by molar-refractivity contribution is 7.89. The van der Waals surface area contributed by atoms with Gasteiger partial charge in [-0.3, -0.25) is 0 Å². The maximum absolute atomic E-state index is 14.3. The molecule has 5 aromatic carbocycles. The van der Waals surface area contributed by atoms with E-state index in [2.05, 4.69) is 0 Å². The second kappa shape index (κ2) is 16.1. The van der Waals surface area contributed by atoms with Crippen molar-refractivity contribution in [3.63, 3.8) is 0 Å². The fraction of sp³-hybridized carbons (Fsp3) is 0.238. The molecule has 0 atom stereocenters. The van der Waals surface area contributed by atoms with Crippen molar-refractivity contribution < 1.29 is 35.9 Å². The Morgan fingerprint density at radius 3 is 1.17 bits per heavy atom. The van der Waals surface area contributed by atoms with E-state index in [4.69, 9.17) is 9.47 Å². The van der Waals surface area contributed by atoms with Gasteiger partial charge in [0, 0.05) is 26.2 Å². The Balaban J connectivity index is 1.58. The van der Waals surface area contributed by atoms with Crippen molar-refractivity contribution in [1.82, 2.24) is 8.61 Å². The molecule has 54 heavy (non-hydrogen) atoms. The zero-order chi connectivity index (χ0) is 38.6. The number of fused-ring (bicyclic) bond motifs is 6. The van der Waals surface area contributed by atoms with Gasteiger partial charge in [0.15, 0.2) is 0 Å². The van der Waals surface area contributed by atoms with Gasteiger partial charge in [-0.05, 0) is 122 Å². The van der Waals surface area contributed by atoms with Crippen molar-refractivity contribution in [2.24, 2.45) is 0 Å². The van der Waals surface area contributed by atoms with E-state index in [9.17, 15) is 26.4 Å². The molecule has 0 unspecified atom stereocenters. The number of ether oxygens (including phenoxy) is 2. The summed E-state index contributed by atoms with van der Waals surface area (Å²) in [6, 6.07) is 30.4. The molecule has 0 amide bonds. The van der Waals surface area contributed by atoms with Crippen LogP contribution in [0.4, 0.5) is 0 Å². The van der Waals surface area contributed by atoms with E-state index in [-0.39, 0.29) is 60.3 Å². The van der Waals surface area contributed by atoms with E-state index < -0.39 is 32.0 Å². The van der Waals surface area contributed by atoms with E-state index >= 15 is 0 Å². The summed E-state index contributed by atoms with van der Waals surface area (Å²) in [6.45, 7) is 7.18. The Bertz CT molecular complexity index is 2220. The van der Waals surface area contributed by atoms with Crippen molar-refractivity contribution in [1.29, 1.82) is 0 Å². The molecular formula is C42H42N2O8S2. The molecule has 5 aromatic rings. The summed E-state index contributed by atoms with van der Waals surface area (Å²) in [5, 5.41) is 0. The number of esters is 2. The number of sulfonamides is 2. The van der Waals surface area contributed by atoms with Crippen LogP contribution in [0.1, 0.15) is 67.9 Å².